The highest BCUT2D eigenvalue weighted by atomic mass is 16.5. The maximum absolute atomic E-state index is 11.2. The van der Waals surface area contributed by atoms with Crippen LogP contribution in [0.4, 0.5) is 5.69 Å². The molecule has 2 aromatic carbocycles. The largest absolute Gasteiger partial charge is 0.479 e. The van der Waals surface area contributed by atoms with E-state index in [-0.39, 0.29) is 6.10 Å². The fraction of sp³-hybridized carbons (Fsp3) is 0.409. The molecule has 2 heterocycles. The smallest absolute Gasteiger partial charge is 0.334 e. The molecule has 2 aliphatic heterocycles. The number of benzene rings is 2. The summed E-state index contributed by atoms with van der Waals surface area (Å²) in [6.07, 6.45) is -0.879. The van der Waals surface area contributed by atoms with Crippen LogP contribution < -0.4 is 4.90 Å². The Bertz CT molecular complexity index is 841. The number of carboxylic acid groups (broad SMARTS) is 1. The Hall–Kier alpha value is -2.41. The highest BCUT2D eigenvalue weighted by Gasteiger charge is 2.28. The molecule has 0 radical (unpaired) electrons. The Balaban J connectivity index is 1.51. The van der Waals surface area contributed by atoms with E-state index in [1.807, 2.05) is 0 Å². The number of carboxylic acids is 1. The van der Waals surface area contributed by atoms with Gasteiger partial charge in [0.15, 0.2) is 6.10 Å². The quantitative estimate of drug-likeness (QED) is 0.858. The SMILES string of the molecule is CN1Cc2ccccc2C(OCCN2CCOC(C(=O)O)C2)c2ccccc21. The molecule has 0 aliphatic carbocycles. The number of para-hydroxylation sites is 1. The number of hydrogen-bond acceptors (Lipinski definition) is 5. The number of morpholine rings is 1. The first-order valence-corrected chi connectivity index (χ1v) is 9.69. The summed E-state index contributed by atoms with van der Waals surface area (Å²) in [7, 11) is 2.11. The molecule has 1 N–H and O–H groups in total. The van der Waals surface area contributed by atoms with Crippen LogP contribution in [0.5, 0.6) is 0 Å². The van der Waals surface area contributed by atoms with E-state index in [1.54, 1.807) is 0 Å². The lowest BCUT2D eigenvalue weighted by Gasteiger charge is -2.31. The molecule has 2 aliphatic rings. The number of anilines is 1. The van der Waals surface area contributed by atoms with E-state index >= 15 is 0 Å². The van der Waals surface area contributed by atoms with Gasteiger partial charge in [-0.15, -0.1) is 0 Å². The monoisotopic (exact) mass is 382 g/mol. The van der Waals surface area contributed by atoms with E-state index in [9.17, 15) is 9.90 Å². The molecule has 6 nitrogen and oxygen atoms in total. The van der Waals surface area contributed by atoms with Gasteiger partial charge in [-0.25, -0.2) is 4.79 Å². The second kappa shape index (κ2) is 8.31. The van der Waals surface area contributed by atoms with Crippen LogP contribution in [0.2, 0.25) is 0 Å². The molecule has 0 spiro atoms. The third-order valence-corrected chi connectivity index (χ3v) is 5.49. The van der Waals surface area contributed by atoms with Gasteiger partial charge in [-0.3, -0.25) is 4.90 Å². The van der Waals surface area contributed by atoms with Gasteiger partial charge in [0, 0.05) is 44.5 Å². The second-order valence-corrected chi connectivity index (χ2v) is 7.36. The molecule has 2 aromatic rings. The number of fused-ring (bicyclic) bond motifs is 2. The summed E-state index contributed by atoms with van der Waals surface area (Å²) in [6, 6.07) is 16.8. The number of ether oxygens (including phenoxy) is 2. The zero-order valence-electron chi connectivity index (χ0n) is 16.1. The molecule has 6 heteroatoms. The van der Waals surface area contributed by atoms with Gasteiger partial charge in [0.2, 0.25) is 0 Å². The molecule has 0 bridgehead atoms. The summed E-state index contributed by atoms with van der Waals surface area (Å²) >= 11 is 0. The minimum absolute atomic E-state index is 0.131. The molecule has 28 heavy (non-hydrogen) atoms. The van der Waals surface area contributed by atoms with E-state index < -0.39 is 12.1 Å². The van der Waals surface area contributed by atoms with Crippen LogP contribution >= 0.6 is 0 Å². The minimum atomic E-state index is -0.903. The predicted molar refractivity (Wildman–Crippen MR) is 107 cm³/mol. The van der Waals surface area contributed by atoms with Crippen LogP contribution in [-0.4, -0.2) is 62.0 Å². The Morgan fingerprint density at radius 2 is 1.93 bits per heavy atom. The lowest BCUT2D eigenvalue weighted by atomic mass is 9.97. The number of aliphatic carboxylic acids is 1. The molecular formula is C22H26N2O4. The number of rotatable bonds is 5. The highest BCUT2D eigenvalue weighted by molar-refractivity contribution is 5.72. The van der Waals surface area contributed by atoms with E-state index in [0.717, 1.165) is 13.1 Å². The first kappa shape index (κ1) is 18.9. The Kier molecular flexibility index (Phi) is 5.62. The molecule has 0 aromatic heterocycles. The maximum atomic E-state index is 11.2. The van der Waals surface area contributed by atoms with E-state index in [0.29, 0.717) is 26.3 Å². The van der Waals surface area contributed by atoms with Gasteiger partial charge in [-0.2, -0.15) is 0 Å². The summed E-state index contributed by atoms with van der Waals surface area (Å²) in [6.45, 7) is 3.63. The van der Waals surface area contributed by atoms with Gasteiger partial charge in [-0.05, 0) is 17.2 Å². The van der Waals surface area contributed by atoms with Crippen molar-refractivity contribution in [2.75, 3.05) is 44.8 Å². The first-order chi connectivity index (χ1) is 13.6. The number of hydrogen-bond donors (Lipinski definition) is 1. The van der Waals surface area contributed by atoms with E-state index in [1.165, 1.54) is 22.4 Å². The fourth-order valence-corrected chi connectivity index (χ4v) is 4.03. The average molecular weight is 382 g/mol. The zero-order valence-corrected chi connectivity index (χ0v) is 16.1. The van der Waals surface area contributed by atoms with Crippen molar-refractivity contribution in [3.63, 3.8) is 0 Å². The van der Waals surface area contributed by atoms with Gasteiger partial charge in [0.25, 0.3) is 0 Å². The fourth-order valence-electron chi connectivity index (χ4n) is 4.03. The van der Waals surface area contributed by atoms with Crippen molar-refractivity contribution in [2.45, 2.75) is 18.8 Å². The van der Waals surface area contributed by atoms with Gasteiger partial charge >= 0.3 is 5.97 Å². The van der Waals surface area contributed by atoms with Crippen LogP contribution in [0.15, 0.2) is 48.5 Å². The van der Waals surface area contributed by atoms with Crippen molar-refractivity contribution in [3.8, 4) is 0 Å². The molecule has 0 saturated carbocycles. The van der Waals surface area contributed by atoms with Crippen molar-refractivity contribution in [1.82, 2.24) is 4.90 Å². The van der Waals surface area contributed by atoms with Crippen LogP contribution in [-0.2, 0) is 20.8 Å². The van der Waals surface area contributed by atoms with Crippen LogP contribution in [0, 0.1) is 0 Å². The predicted octanol–water partition coefficient (Wildman–Crippen LogP) is 2.53. The van der Waals surface area contributed by atoms with Crippen molar-refractivity contribution in [1.29, 1.82) is 0 Å². The van der Waals surface area contributed by atoms with Crippen molar-refractivity contribution < 1.29 is 19.4 Å². The average Bonchev–Trinajstić information content (AvgIpc) is 2.83. The van der Waals surface area contributed by atoms with Crippen LogP contribution in [0.3, 0.4) is 0 Å². The lowest BCUT2D eigenvalue weighted by molar-refractivity contribution is -0.156. The minimum Gasteiger partial charge on any atom is -0.479 e. The van der Waals surface area contributed by atoms with Crippen molar-refractivity contribution in [3.05, 3.63) is 65.2 Å². The van der Waals surface area contributed by atoms with Gasteiger partial charge in [-0.1, -0.05) is 42.5 Å². The van der Waals surface area contributed by atoms with Crippen LogP contribution in [0.1, 0.15) is 22.8 Å². The number of nitrogens with zero attached hydrogens (tertiary/aromatic N) is 2. The Morgan fingerprint density at radius 3 is 2.75 bits per heavy atom. The lowest BCUT2D eigenvalue weighted by Crippen LogP contribution is -2.47. The van der Waals surface area contributed by atoms with Gasteiger partial charge in [0.05, 0.1) is 13.2 Å². The third kappa shape index (κ3) is 3.90. The topological polar surface area (TPSA) is 62.2 Å². The summed E-state index contributed by atoms with van der Waals surface area (Å²) in [5.74, 6) is -0.903. The van der Waals surface area contributed by atoms with E-state index in [4.69, 9.17) is 9.47 Å². The molecule has 4 rings (SSSR count). The van der Waals surface area contributed by atoms with Gasteiger partial charge in [0.1, 0.15) is 6.10 Å². The van der Waals surface area contributed by atoms with Crippen molar-refractivity contribution in [2.24, 2.45) is 0 Å². The second-order valence-electron chi connectivity index (χ2n) is 7.36. The maximum Gasteiger partial charge on any atom is 0.334 e. The standard InChI is InChI=1S/C22H26N2O4/c1-23-14-16-6-2-3-7-17(16)21(18-8-4-5-9-19(18)23)28-13-11-24-10-12-27-20(15-24)22(25)26/h2-9,20-21H,10-15H2,1H3,(H,25,26). The molecule has 1 saturated heterocycles. The molecule has 2 atom stereocenters. The summed E-state index contributed by atoms with van der Waals surface area (Å²) in [5.41, 5.74) is 4.81. The molecule has 2 unspecified atom stereocenters. The summed E-state index contributed by atoms with van der Waals surface area (Å²) in [4.78, 5) is 15.5. The summed E-state index contributed by atoms with van der Waals surface area (Å²) < 4.78 is 11.7. The Morgan fingerprint density at radius 1 is 1.18 bits per heavy atom. The normalized spacial score (nSPS) is 22.2. The van der Waals surface area contributed by atoms with E-state index in [2.05, 4.69) is 65.4 Å². The molecule has 0 amide bonds. The third-order valence-electron chi connectivity index (χ3n) is 5.49. The van der Waals surface area contributed by atoms with Crippen LogP contribution in [0.25, 0.3) is 0 Å². The van der Waals surface area contributed by atoms with Crippen molar-refractivity contribution >= 4 is 11.7 Å². The molecule has 1 fully saturated rings. The molecular weight excluding hydrogens is 356 g/mol. The van der Waals surface area contributed by atoms with Gasteiger partial charge < -0.3 is 19.5 Å². The molecule has 148 valence electrons. The highest BCUT2D eigenvalue weighted by Crippen LogP contribution is 2.38. The zero-order chi connectivity index (χ0) is 19.5. The summed E-state index contributed by atoms with van der Waals surface area (Å²) in [5, 5.41) is 9.17. The Labute approximate surface area is 165 Å². The number of carbonyl (C=O) groups is 1. The first-order valence-electron chi connectivity index (χ1n) is 9.69.